The second-order valence-corrected chi connectivity index (χ2v) is 6.89. The van der Waals surface area contributed by atoms with Crippen LogP contribution in [0.1, 0.15) is 21.0 Å². The lowest BCUT2D eigenvalue weighted by Gasteiger charge is -2.30. The molecule has 2 amide bonds. The van der Waals surface area contributed by atoms with Crippen molar-refractivity contribution in [3.63, 3.8) is 0 Å². The largest absolute Gasteiger partial charge is 0.384 e. The molecular weight excluding hydrogens is 376 g/mol. The van der Waals surface area contributed by atoms with Crippen LogP contribution >= 0.6 is 0 Å². The number of amides is 2. The molecule has 0 spiro atoms. The number of para-hydroxylation sites is 1. The minimum Gasteiger partial charge on any atom is -0.384 e. The van der Waals surface area contributed by atoms with Crippen LogP contribution in [-0.2, 0) is 4.74 Å². The molecule has 1 unspecified atom stereocenters. The van der Waals surface area contributed by atoms with Crippen molar-refractivity contribution in [2.45, 2.75) is 5.60 Å². The van der Waals surface area contributed by atoms with E-state index in [1.807, 2.05) is 24.3 Å². The van der Waals surface area contributed by atoms with Crippen molar-refractivity contribution in [1.82, 2.24) is 30.4 Å². The zero-order valence-electron chi connectivity index (χ0n) is 15.5. The molecule has 0 saturated carbocycles. The molecule has 3 aromatic rings. The Balaban J connectivity index is 1.48. The van der Waals surface area contributed by atoms with Gasteiger partial charge in [-0.25, -0.2) is 4.98 Å². The Labute approximate surface area is 165 Å². The van der Waals surface area contributed by atoms with E-state index < -0.39 is 11.5 Å². The van der Waals surface area contributed by atoms with E-state index in [-0.39, 0.29) is 43.6 Å². The van der Waals surface area contributed by atoms with Crippen molar-refractivity contribution in [2.75, 3.05) is 32.8 Å². The van der Waals surface area contributed by atoms with Crippen LogP contribution in [0.3, 0.4) is 0 Å². The number of H-pyrrole nitrogens is 1. The number of ether oxygens (including phenoxy) is 1. The molecule has 2 aromatic heterocycles. The normalized spacial score (nSPS) is 19.7. The lowest BCUT2D eigenvalue weighted by molar-refractivity contribution is -0.0324. The smallest absolute Gasteiger partial charge is 0.275 e. The Kier molecular flexibility index (Phi) is 5.19. The molecule has 10 heteroatoms. The first kappa shape index (κ1) is 19.0. The average molecular weight is 396 g/mol. The quantitative estimate of drug-likeness (QED) is 0.565. The third kappa shape index (κ3) is 4.08. The number of hydrogen-bond donors (Lipinski definition) is 3. The van der Waals surface area contributed by atoms with E-state index in [1.54, 1.807) is 0 Å². The van der Waals surface area contributed by atoms with E-state index in [1.165, 1.54) is 23.5 Å². The number of aliphatic hydroxyl groups is 1. The van der Waals surface area contributed by atoms with E-state index in [2.05, 4.69) is 25.5 Å². The molecule has 3 N–H and O–H groups in total. The summed E-state index contributed by atoms with van der Waals surface area (Å²) in [5.41, 5.74) is -0.265. The molecule has 1 fully saturated rings. The molecule has 3 heterocycles. The molecule has 0 bridgehead atoms. The molecule has 10 nitrogen and oxygen atoms in total. The summed E-state index contributed by atoms with van der Waals surface area (Å²) in [6.07, 6.45) is 4.21. The number of carbonyl (C=O) groups is 2. The predicted octanol–water partition coefficient (Wildman–Crippen LogP) is -0.0136. The van der Waals surface area contributed by atoms with Gasteiger partial charge >= 0.3 is 0 Å². The fourth-order valence-electron chi connectivity index (χ4n) is 3.23. The van der Waals surface area contributed by atoms with Gasteiger partial charge in [-0.15, -0.1) is 0 Å². The summed E-state index contributed by atoms with van der Waals surface area (Å²) in [6.45, 7) is 0.453. The zero-order valence-corrected chi connectivity index (χ0v) is 15.5. The molecule has 1 saturated heterocycles. The number of β-amino-alcohol motifs (C(OH)–C–C–N with tert-alkyl or cyclic N) is 1. The Hall–Kier alpha value is -3.37. The highest BCUT2D eigenvalue weighted by molar-refractivity contribution is 6.04. The first-order valence-corrected chi connectivity index (χ1v) is 9.12. The fraction of sp³-hybridized carbons (Fsp3) is 0.316. The van der Waals surface area contributed by atoms with Crippen molar-refractivity contribution in [3.05, 3.63) is 54.2 Å². The van der Waals surface area contributed by atoms with Crippen molar-refractivity contribution >= 4 is 22.7 Å². The maximum Gasteiger partial charge on any atom is 0.275 e. The van der Waals surface area contributed by atoms with Gasteiger partial charge in [0, 0.05) is 24.3 Å². The van der Waals surface area contributed by atoms with Crippen LogP contribution in [0.25, 0.3) is 10.9 Å². The Morgan fingerprint density at radius 3 is 3.00 bits per heavy atom. The molecule has 1 aliphatic heterocycles. The summed E-state index contributed by atoms with van der Waals surface area (Å²) in [5.74, 6) is -0.779. The van der Waals surface area contributed by atoms with E-state index in [0.717, 1.165) is 5.52 Å². The van der Waals surface area contributed by atoms with Gasteiger partial charge in [0.25, 0.3) is 11.8 Å². The molecular formula is C19H20N6O4. The maximum atomic E-state index is 13.0. The maximum absolute atomic E-state index is 13.0. The molecule has 150 valence electrons. The summed E-state index contributed by atoms with van der Waals surface area (Å²) < 4.78 is 5.48. The van der Waals surface area contributed by atoms with Crippen LogP contribution in [-0.4, -0.2) is 80.4 Å². The number of rotatable bonds is 4. The second-order valence-electron chi connectivity index (χ2n) is 6.89. The second kappa shape index (κ2) is 7.94. The summed E-state index contributed by atoms with van der Waals surface area (Å²) >= 11 is 0. The lowest BCUT2D eigenvalue weighted by atomic mass is 10.0. The SMILES string of the molecule is O=C(NCC1(O)COCCN(C(=O)c2n[nH]c3ccccc23)C1)c1cnccn1. The van der Waals surface area contributed by atoms with E-state index in [4.69, 9.17) is 4.74 Å². The van der Waals surface area contributed by atoms with Gasteiger partial charge in [0.1, 0.15) is 11.3 Å². The molecule has 4 rings (SSSR count). The summed E-state index contributed by atoms with van der Waals surface area (Å²) in [7, 11) is 0. The zero-order chi connectivity index (χ0) is 20.3. The van der Waals surface area contributed by atoms with Gasteiger partial charge in [0.05, 0.1) is 38.0 Å². The van der Waals surface area contributed by atoms with Gasteiger partial charge in [-0.05, 0) is 6.07 Å². The molecule has 0 radical (unpaired) electrons. The van der Waals surface area contributed by atoms with Gasteiger partial charge in [0.15, 0.2) is 5.69 Å². The number of benzene rings is 1. The van der Waals surface area contributed by atoms with Crippen LogP contribution in [0.5, 0.6) is 0 Å². The molecule has 1 aliphatic rings. The Bertz CT molecular complexity index is 1020. The number of nitrogens with one attached hydrogen (secondary N) is 2. The van der Waals surface area contributed by atoms with Crippen molar-refractivity contribution in [3.8, 4) is 0 Å². The molecule has 29 heavy (non-hydrogen) atoms. The number of carbonyl (C=O) groups excluding carboxylic acids is 2. The number of aromatic nitrogens is 4. The van der Waals surface area contributed by atoms with Crippen LogP contribution in [0.2, 0.25) is 0 Å². The van der Waals surface area contributed by atoms with Gasteiger partial charge in [0.2, 0.25) is 0 Å². The monoisotopic (exact) mass is 396 g/mol. The highest BCUT2D eigenvalue weighted by Gasteiger charge is 2.36. The first-order valence-electron chi connectivity index (χ1n) is 9.12. The highest BCUT2D eigenvalue weighted by Crippen LogP contribution is 2.19. The molecule has 1 aromatic carbocycles. The van der Waals surface area contributed by atoms with Gasteiger partial charge in [-0.3, -0.25) is 19.7 Å². The molecule has 0 aliphatic carbocycles. The van der Waals surface area contributed by atoms with Crippen molar-refractivity contribution in [1.29, 1.82) is 0 Å². The summed E-state index contributed by atoms with van der Waals surface area (Å²) in [4.78, 5) is 34.5. The van der Waals surface area contributed by atoms with E-state index in [0.29, 0.717) is 11.9 Å². The summed E-state index contributed by atoms with van der Waals surface area (Å²) in [6, 6.07) is 7.34. The van der Waals surface area contributed by atoms with Crippen molar-refractivity contribution < 1.29 is 19.4 Å². The third-order valence-electron chi connectivity index (χ3n) is 4.70. The van der Waals surface area contributed by atoms with Crippen LogP contribution in [0.15, 0.2) is 42.9 Å². The number of aromatic amines is 1. The first-order chi connectivity index (χ1) is 14.1. The summed E-state index contributed by atoms with van der Waals surface area (Å²) in [5, 5.41) is 21.3. The average Bonchev–Trinajstić information content (AvgIpc) is 3.08. The highest BCUT2D eigenvalue weighted by atomic mass is 16.5. The number of nitrogens with zero attached hydrogens (tertiary/aromatic N) is 4. The van der Waals surface area contributed by atoms with Gasteiger partial charge < -0.3 is 20.1 Å². The van der Waals surface area contributed by atoms with Crippen LogP contribution in [0, 0.1) is 0 Å². The Morgan fingerprint density at radius 1 is 1.31 bits per heavy atom. The van der Waals surface area contributed by atoms with Gasteiger partial charge in [-0.2, -0.15) is 5.10 Å². The fourth-order valence-corrected chi connectivity index (χ4v) is 3.23. The van der Waals surface area contributed by atoms with Crippen LogP contribution in [0.4, 0.5) is 0 Å². The minimum atomic E-state index is -1.45. The predicted molar refractivity (Wildman–Crippen MR) is 102 cm³/mol. The standard InChI is InChI=1S/C19H20N6O4/c26-17(15-9-20-5-6-21-15)22-10-19(28)11-25(7-8-29-12-19)18(27)16-13-3-1-2-4-14(13)23-24-16/h1-6,9,28H,7-8,10-12H2,(H,22,26)(H,23,24). The van der Waals surface area contributed by atoms with E-state index in [9.17, 15) is 14.7 Å². The topological polar surface area (TPSA) is 133 Å². The lowest BCUT2D eigenvalue weighted by Crippen LogP contribution is -2.53. The minimum absolute atomic E-state index is 0.00618. The number of fused-ring (bicyclic) bond motifs is 1. The van der Waals surface area contributed by atoms with Crippen LogP contribution < -0.4 is 5.32 Å². The van der Waals surface area contributed by atoms with Gasteiger partial charge in [-0.1, -0.05) is 18.2 Å². The molecule has 1 atom stereocenters. The van der Waals surface area contributed by atoms with E-state index >= 15 is 0 Å². The van der Waals surface area contributed by atoms with Crippen molar-refractivity contribution in [2.24, 2.45) is 0 Å². The number of hydrogen-bond acceptors (Lipinski definition) is 7. The third-order valence-corrected chi connectivity index (χ3v) is 4.70. The Morgan fingerprint density at radius 2 is 2.17 bits per heavy atom.